The van der Waals surface area contributed by atoms with Crippen molar-refractivity contribution in [2.24, 2.45) is 11.3 Å². The van der Waals surface area contributed by atoms with Gasteiger partial charge in [0, 0.05) is 12.3 Å². The summed E-state index contributed by atoms with van der Waals surface area (Å²) < 4.78 is 10.3. The van der Waals surface area contributed by atoms with Gasteiger partial charge in [0.2, 0.25) is 0 Å². The standard InChI is InChI=1S/C16H24O5/c1-7-8-16(9-13(6)10-17,14(18)20-11(2)3)15(19)21-12(4)5/h1,10-13H,8-9H2,2-6H3. The molecule has 0 aliphatic rings. The van der Waals surface area contributed by atoms with Crippen molar-refractivity contribution in [2.75, 3.05) is 0 Å². The molecule has 21 heavy (non-hydrogen) atoms. The molecule has 0 saturated carbocycles. The summed E-state index contributed by atoms with van der Waals surface area (Å²) in [7, 11) is 0. The minimum atomic E-state index is -1.64. The number of ether oxygens (including phenoxy) is 2. The fourth-order valence-corrected chi connectivity index (χ4v) is 1.89. The molecule has 0 rings (SSSR count). The lowest BCUT2D eigenvalue weighted by atomic mass is 9.77. The van der Waals surface area contributed by atoms with Crippen molar-refractivity contribution in [3.63, 3.8) is 0 Å². The number of carbonyl (C=O) groups excluding carboxylic acids is 3. The molecule has 0 aromatic carbocycles. The molecule has 118 valence electrons. The molecule has 0 aromatic heterocycles. The molecule has 0 bridgehead atoms. The van der Waals surface area contributed by atoms with E-state index in [0.717, 1.165) is 0 Å². The Morgan fingerprint density at radius 1 is 1.10 bits per heavy atom. The van der Waals surface area contributed by atoms with E-state index in [-0.39, 0.29) is 12.8 Å². The number of terminal acetylenes is 1. The Labute approximate surface area is 126 Å². The van der Waals surface area contributed by atoms with E-state index < -0.39 is 35.5 Å². The summed E-state index contributed by atoms with van der Waals surface area (Å²) in [4.78, 5) is 35.7. The molecule has 1 atom stereocenters. The molecule has 0 N–H and O–H groups in total. The highest BCUT2D eigenvalue weighted by molar-refractivity contribution is 6.00. The highest BCUT2D eigenvalue weighted by Gasteiger charge is 2.49. The van der Waals surface area contributed by atoms with Crippen molar-refractivity contribution in [2.45, 2.75) is 59.7 Å². The summed E-state index contributed by atoms with van der Waals surface area (Å²) in [6, 6.07) is 0. The van der Waals surface area contributed by atoms with E-state index in [1.807, 2.05) is 0 Å². The van der Waals surface area contributed by atoms with E-state index in [2.05, 4.69) is 5.92 Å². The molecule has 0 amide bonds. The fourth-order valence-electron chi connectivity index (χ4n) is 1.89. The first kappa shape index (κ1) is 19.2. The number of aldehydes is 1. The molecule has 0 saturated heterocycles. The monoisotopic (exact) mass is 296 g/mol. The molecule has 0 radical (unpaired) electrons. The van der Waals surface area contributed by atoms with Crippen LogP contribution in [0.4, 0.5) is 0 Å². The average molecular weight is 296 g/mol. The maximum absolute atomic E-state index is 12.4. The highest BCUT2D eigenvalue weighted by Crippen LogP contribution is 2.34. The van der Waals surface area contributed by atoms with Crippen molar-refractivity contribution in [1.29, 1.82) is 0 Å². The second-order valence-corrected chi connectivity index (χ2v) is 5.69. The van der Waals surface area contributed by atoms with Crippen LogP contribution in [0.25, 0.3) is 0 Å². The smallest absolute Gasteiger partial charge is 0.324 e. The fraction of sp³-hybridized carbons (Fsp3) is 0.688. The molecule has 1 unspecified atom stereocenters. The van der Waals surface area contributed by atoms with E-state index in [1.54, 1.807) is 34.6 Å². The van der Waals surface area contributed by atoms with Crippen LogP contribution in [-0.4, -0.2) is 30.4 Å². The molecule has 5 nitrogen and oxygen atoms in total. The maximum atomic E-state index is 12.4. The summed E-state index contributed by atoms with van der Waals surface area (Å²) in [5.41, 5.74) is -1.64. The molecule has 0 heterocycles. The predicted octanol–water partition coefficient (Wildman–Crippen LogP) is 2.12. The highest BCUT2D eigenvalue weighted by atomic mass is 16.6. The van der Waals surface area contributed by atoms with Crippen molar-refractivity contribution in [3.05, 3.63) is 0 Å². The third-order valence-electron chi connectivity index (χ3n) is 2.77. The van der Waals surface area contributed by atoms with Gasteiger partial charge in [0.25, 0.3) is 0 Å². The Balaban J connectivity index is 5.63. The van der Waals surface area contributed by atoms with E-state index >= 15 is 0 Å². The number of esters is 2. The van der Waals surface area contributed by atoms with Gasteiger partial charge >= 0.3 is 11.9 Å². The van der Waals surface area contributed by atoms with Crippen LogP contribution in [0.5, 0.6) is 0 Å². The molecule has 0 fully saturated rings. The van der Waals surface area contributed by atoms with Gasteiger partial charge in [0.05, 0.1) is 12.2 Å². The molecule has 0 aliphatic heterocycles. The number of hydrogen-bond donors (Lipinski definition) is 0. The zero-order valence-electron chi connectivity index (χ0n) is 13.3. The summed E-state index contributed by atoms with van der Waals surface area (Å²) >= 11 is 0. The van der Waals surface area contributed by atoms with Crippen LogP contribution in [0.2, 0.25) is 0 Å². The van der Waals surface area contributed by atoms with E-state index in [0.29, 0.717) is 6.29 Å². The zero-order chi connectivity index (χ0) is 16.6. The normalized spacial score (nSPS) is 12.7. The van der Waals surface area contributed by atoms with Gasteiger partial charge in [-0.05, 0) is 34.1 Å². The molecule has 5 heteroatoms. The third-order valence-corrected chi connectivity index (χ3v) is 2.77. The van der Waals surface area contributed by atoms with E-state index in [9.17, 15) is 14.4 Å². The second-order valence-electron chi connectivity index (χ2n) is 5.69. The lowest BCUT2D eigenvalue weighted by molar-refractivity contribution is -0.178. The molecule has 0 spiro atoms. The van der Waals surface area contributed by atoms with Crippen LogP contribution in [-0.2, 0) is 23.9 Å². The van der Waals surface area contributed by atoms with Crippen LogP contribution in [0.3, 0.4) is 0 Å². The first-order chi connectivity index (χ1) is 9.69. The molecular weight excluding hydrogens is 272 g/mol. The van der Waals surface area contributed by atoms with Crippen molar-refractivity contribution < 1.29 is 23.9 Å². The van der Waals surface area contributed by atoms with Gasteiger partial charge in [0.15, 0.2) is 5.41 Å². The van der Waals surface area contributed by atoms with Gasteiger partial charge in [-0.25, -0.2) is 0 Å². The molecule has 0 aromatic rings. The number of rotatable bonds is 8. The van der Waals surface area contributed by atoms with Crippen molar-refractivity contribution in [3.8, 4) is 12.3 Å². The first-order valence-electron chi connectivity index (χ1n) is 7.00. The van der Waals surface area contributed by atoms with Gasteiger partial charge in [-0.15, -0.1) is 12.3 Å². The Kier molecular flexibility index (Phi) is 7.72. The molecule has 0 aliphatic carbocycles. The van der Waals surface area contributed by atoms with Crippen LogP contribution < -0.4 is 0 Å². The first-order valence-corrected chi connectivity index (χ1v) is 7.00. The third kappa shape index (κ3) is 5.58. The van der Waals surface area contributed by atoms with Crippen molar-refractivity contribution >= 4 is 18.2 Å². The summed E-state index contributed by atoms with van der Waals surface area (Å²) in [6.07, 6.45) is 5.01. The maximum Gasteiger partial charge on any atom is 0.324 e. The van der Waals surface area contributed by atoms with Crippen molar-refractivity contribution in [1.82, 2.24) is 0 Å². The SMILES string of the molecule is C#CCC(CC(C)C=O)(C(=O)OC(C)C)C(=O)OC(C)C. The topological polar surface area (TPSA) is 69.7 Å². The minimum absolute atomic E-state index is 0.0300. The Bertz CT molecular complexity index is 395. The Morgan fingerprint density at radius 2 is 1.52 bits per heavy atom. The Morgan fingerprint density at radius 3 is 1.81 bits per heavy atom. The van der Waals surface area contributed by atoms with E-state index in [4.69, 9.17) is 15.9 Å². The quantitative estimate of drug-likeness (QED) is 0.297. The summed E-state index contributed by atoms with van der Waals surface area (Å²) in [5.74, 6) is 0.331. The van der Waals surface area contributed by atoms with Gasteiger partial charge in [-0.1, -0.05) is 6.92 Å². The second kappa shape index (κ2) is 8.46. The largest absolute Gasteiger partial charge is 0.462 e. The summed E-state index contributed by atoms with van der Waals surface area (Å²) in [5, 5.41) is 0. The predicted molar refractivity (Wildman–Crippen MR) is 78.2 cm³/mol. The lowest BCUT2D eigenvalue weighted by Crippen LogP contribution is -2.45. The zero-order valence-corrected chi connectivity index (χ0v) is 13.3. The lowest BCUT2D eigenvalue weighted by Gasteiger charge is -2.30. The van der Waals surface area contributed by atoms with Gasteiger partial charge in [-0.2, -0.15) is 0 Å². The van der Waals surface area contributed by atoms with Crippen LogP contribution in [0.1, 0.15) is 47.5 Å². The van der Waals surface area contributed by atoms with Crippen LogP contribution in [0.15, 0.2) is 0 Å². The number of hydrogen-bond acceptors (Lipinski definition) is 5. The van der Waals surface area contributed by atoms with Gasteiger partial charge in [0.1, 0.15) is 6.29 Å². The average Bonchev–Trinajstić information content (AvgIpc) is 2.35. The Hall–Kier alpha value is -1.83. The van der Waals surface area contributed by atoms with E-state index in [1.165, 1.54) is 0 Å². The summed E-state index contributed by atoms with van der Waals surface area (Å²) in [6.45, 7) is 8.32. The minimum Gasteiger partial charge on any atom is -0.462 e. The van der Waals surface area contributed by atoms with Crippen LogP contribution >= 0.6 is 0 Å². The van der Waals surface area contributed by atoms with Crippen LogP contribution in [0, 0.1) is 23.7 Å². The molecular formula is C16H24O5. The van der Waals surface area contributed by atoms with Gasteiger partial charge in [-0.3, -0.25) is 9.59 Å². The number of carbonyl (C=O) groups is 3. The van der Waals surface area contributed by atoms with Gasteiger partial charge < -0.3 is 14.3 Å².